The van der Waals surface area contributed by atoms with Crippen molar-refractivity contribution in [1.29, 1.82) is 0 Å². The Hall–Kier alpha value is -0.830. The van der Waals surface area contributed by atoms with Gasteiger partial charge in [0.25, 0.3) is 0 Å². The molecule has 1 aromatic rings. The summed E-state index contributed by atoms with van der Waals surface area (Å²) in [6.45, 7) is 1.14. The average Bonchev–Trinajstić information content (AvgIpc) is 3.01. The van der Waals surface area contributed by atoms with E-state index in [1.165, 1.54) is 50.6 Å². The molecule has 2 N–H and O–H groups in total. The van der Waals surface area contributed by atoms with Crippen molar-refractivity contribution in [2.75, 3.05) is 6.54 Å². The highest BCUT2D eigenvalue weighted by molar-refractivity contribution is 5.11. The number of aromatic nitrogens is 2. The van der Waals surface area contributed by atoms with Gasteiger partial charge < -0.3 is 10.3 Å². The molecule has 0 unspecified atom stereocenters. The van der Waals surface area contributed by atoms with Crippen LogP contribution in [-0.4, -0.2) is 16.5 Å². The standard InChI is InChI=1S/C13H21N3/c1-2-5-10(6-3-1)12-9-15-13(16-12)11-7-4-8-14-11/h9-11,14H,1-8H2,(H,15,16)/t11-/m0/s1. The van der Waals surface area contributed by atoms with Crippen LogP contribution in [0.4, 0.5) is 0 Å². The van der Waals surface area contributed by atoms with Crippen LogP contribution < -0.4 is 5.32 Å². The molecule has 1 saturated heterocycles. The maximum absolute atomic E-state index is 4.56. The van der Waals surface area contributed by atoms with E-state index in [1.54, 1.807) is 0 Å². The van der Waals surface area contributed by atoms with Crippen LogP contribution in [0.2, 0.25) is 0 Å². The Labute approximate surface area is 97.0 Å². The Balaban J connectivity index is 1.71. The fourth-order valence-corrected chi connectivity index (χ4v) is 3.07. The normalized spacial score (nSPS) is 27.4. The summed E-state index contributed by atoms with van der Waals surface area (Å²) in [5, 5.41) is 3.50. The molecule has 1 aromatic heterocycles. The van der Waals surface area contributed by atoms with Crippen molar-refractivity contribution in [3.63, 3.8) is 0 Å². The summed E-state index contributed by atoms with van der Waals surface area (Å²) in [5.41, 5.74) is 1.38. The Bertz CT molecular complexity index is 333. The molecule has 0 radical (unpaired) electrons. The lowest BCUT2D eigenvalue weighted by Gasteiger charge is -2.20. The van der Waals surface area contributed by atoms with E-state index in [2.05, 4.69) is 21.5 Å². The predicted molar refractivity (Wildman–Crippen MR) is 64.4 cm³/mol. The van der Waals surface area contributed by atoms with E-state index in [0.717, 1.165) is 18.3 Å². The van der Waals surface area contributed by atoms with Crippen LogP contribution in [0.1, 0.15) is 68.4 Å². The van der Waals surface area contributed by atoms with Gasteiger partial charge in [-0.3, -0.25) is 0 Å². The molecule has 1 atom stereocenters. The number of hydrogen-bond acceptors (Lipinski definition) is 2. The molecule has 2 fully saturated rings. The molecule has 88 valence electrons. The Morgan fingerprint density at radius 2 is 1.94 bits per heavy atom. The first kappa shape index (κ1) is 10.3. The van der Waals surface area contributed by atoms with E-state index in [-0.39, 0.29) is 0 Å². The molecule has 0 amide bonds. The summed E-state index contributed by atoms with van der Waals surface area (Å²) < 4.78 is 0. The van der Waals surface area contributed by atoms with Gasteiger partial charge in [0.1, 0.15) is 5.82 Å². The minimum absolute atomic E-state index is 0.484. The van der Waals surface area contributed by atoms with Gasteiger partial charge in [-0.15, -0.1) is 0 Å². The van der Waals surface area contributed by atoms with Gasteiger partial charge in [0, 0.05) is 17.8 Å². The highest BCUT2D eigenvalue weighted by Gasteiger charge is 2.22. The van der Waals surface area contributed by atoms with Gasteiger partial charge in [-0.05, 0) is 32.2 Å². The van der Waals surface area contributed by atoms with Crippen LogP contribution in [0, 0.1) is 0 Å². The van der Waals surface area contributed by atoms with Gasteiger partial charge in [-0.25, -0.2) is 4.98 Å². The SMILES string of the molecule is c1nc([C@@H]2CCCN2)[nH]c1C1CCCCC1. The molecular weight excluding hydrogens is 198 g/mol. The van der Waals surface area contributed by atoms with Crippen molar-refractivity contribution < 1.29 is 0 Å². The third kappa shape index (κ3) is 2.01. The fraction of sp³-hybridized carbons (Fsp3) is 0.769. The quantitative estimate of drug-likeness (QED) is 0.803. The van der Waals surface area contributed by atoms with E-state index in [9.17, 15) is 0 Å². The molecule has 16 heavy (non-hydrogen) atoms. The van der Waals surface area contributed by atoms with E-state index >= 15 is 0 Å². The van der Waals surface area contributed by atoms with Crippen LogP contribution in [0.25, 0.3) is 0 Å². The molecule has 2 aliphatic rings. The monoisotopic (exact) mass is 219 g/mol. The zero-order valence-corrected chi connectivity index (χ0v) is 9.84. The van der Waals surface area contributed by atoms with Gasteiger partial charge in [0.15, 0.2) is 0 Å². The number of aromatic amines is 1. The summed E-state index contributed by atoms with van der Waals surface area (Å²) in [5.74, 6) is 1.91. The zero-order valence-electron chi connectivity index (χ0n) is 9.84. The topological polar surface area (TPSA) is 40.7 Å². The summed E-state index contributed by atoms with van der Waals surface area (Å²) in [6, 6.07) is 0.484. The molecular formula is C13H21N3. The highest BCUT2D eigenvalue weighted by atomic mass is 15.0. The second-order valence-corrected chi connectivity index (χ2v) is 5.21. The lowest BCUT2D eigenvalue weighted by molar-refractivity contribution is 0.436. The molecule has 1 saturated carbocycles. The summed E-state index contributed by atoms with van der Waals surface area (Å²) in [4.78, 5) is 8.11. The van der Waals surface area contributed by atoms with Crippen LogP contribution in [0.15, 0.2) is 6.20 Å². The Kier molecular flexibility index (Phi) is 2.96. The predicted octanol–water partition coefficient (Wildman–Crippen LogP) is 2.88. The summed E-state index contributed by atoms with van der Waals surface area (Å²) in [7, 11) is 0. The molecule has 2 heterocycles. The molecule has 0 aromatic carbocycles. The molecule has 3 rings (SSSR count). The number of rotatable bonds is 2. The van der Waals surface area contributed by atoms with Gasteiger partial charge >= 0.3 is 0 Å². The fourth-order valence-electron chi connectivity index (χ4n) is 3.07. The van der Waals surface area contributed by atoms with Gasteiger partial charge in [-0.1, -0.05) is 19.3 Å². The van der Waals surface area contributed by atoms with Crippen molar-refractivity contribution in [2.24, 2.45) is 0 Å². The number of nitrogens with zero attached hydrogens (tertiary/aromatic N) is 1. The number of imidazole rings is 1. The molecule has 3 nitrogen and oxygen atoms in total. The highest BCUT2D eigenvalue weighted by Crippen LogP contribution is 2.32. The van der Waals surface area contributed by atoms with E-state index in [4.69, 9.17) is 0 Å². The van der Waals surface area contributed by atoms with Gasteiger partial charge in [-0.2, -0.15) is 0 Å². The zero-order chi connectivity index (χ0) is 10.8. The third-order valence-corrected chi connectivity index (χ3v) is 4.05. The first-order valence-electron chi connectivity index (χ1n) is 6.71. The first-order chi connectivity index (χ1) is 7.93. The first-order valence-corrected chi connectivity index (χ1v) is 6.71. The van der Waals surface area contributed by atoms with Crippen molar-refractivity contribution in [1.82, 2.24) is 15.3 Å². The van der Waals surface area contributed by atoms with Crippen LogP contribution in [-0.2, 0) is 0 Å². The van der Waals surface area contributed by atoms with Gasteiger partial charge in [0.05, 0.1) is 6.04 Å². The largest absolute Gasteiger partial charge is 0.344 e. The third-order valence-electron chi connectivity index (χ3n) is 4.05. The lowest BCUT2D eigenvalue weighted by atomic mass is 9.87. The minimum atomic E-state index is 0.484. The van der Waals surface area contributed by atoms with Crippen LogP contribution in [0.3, 0.4) is 0 Å². The van der Waals surface area contributed by atoms with Crippen LogP contribution >= 0.6 is 0 Å². The summed E-state index contributed by atoms with van der Waals surface area (Å²) in [6.07, 6.45) is 11.5. The van der Waals surface area contributed by atoms with Gasteiger partial charge in [0.2, 0.25) is 0 Å². The van der Waals surface area contributed by atoms with E-state index in [1.807, 2.05) is 0 Å². The number of H-pyrrole nitrogens is 1. The maximum Gasteiger partial charge on any atom is 0.123 e. The molecule has 0 bridgehead atoms. The number of nitrogens with one attached hydrogen (secondary N) is 2. The Morgan fingerprint density at radius 1 is 1.06 bits per heavy atom. The lowest BCUT2D eigenvalue weighted by Crippen LogP contribution is -2.14. The second-order valence-electron chi connectivity index (χ2n) is 5.21. The second kappa shape index (κ2) is 4.58. The minimum Gasteiger partial charge on any atom is -0.344 e. The van der Waals surface area contributed by atoms with Crippen molar-refractivity contribution in [3.05, 3.63) is 17.7 Å². The van der Waals surface area contributed by atoms with Crippen molar-refractivity contribution in [3.8, 4) is 0 Å². The Morgan fingerprint density at radius 3 is 2.69 bits per heavy atom. The van der Waals surface area contributed by atoms with E-state index < -0.39 is 0 Å². The summed E-state index contributed by atoms with van der Waals surface area (Å²) >= 11 is 0. The maximum atomic E-state index is 4.56. The number of hydrogen-bond donors (Lipinski definition) is 2. The van der Waals surface area contributed by atoms with E-state index in [0.29, 0.717) is 6.04 Å². The average molecular weight is 219 g/mol. The molecule has 0 spiro atoms. The smallest absolute Gasteiger partial charge is 0.123 e. The molecule has 3 heteroatoms. The van der Waals surface area contributed by atoms with Crippen LogP contribution in [0.5, 0.6) is 0 Å². The van der Waals surface area contributed by atoms with Crippen molar-refractivity contribution in [2.45, 2.75) is 56.9 Å². The molecule has 1 aliphatic heterocycles. The van der Waals surface area contributed by atoms with Crippen molar-refractivity contribution >= 4 is 0 Å². The molecule has 1 aliphatic carbocycles.